The van der Waals surface area contributed by atoms with Crippen molar-refractivity contribution in [2.24, 2.45) is 0 Å². The number of rotatable bonds is 4. The second-order valence-corrected chi connectivity index (χ2v) is 5.96. The first-order valence-electron chi connectivity index (χ1n) is 7.18. The van der Waals surface area contributed by atoms with Crippen LogP contribution in [0.15, 0.2) is 54.6 Å². The van der Waals surface area contributed by atoms with Crippen LogP contribution in [0.3, 0.4) is 0 Å². The molecule has 0 saturated carbocycles. The van der Waals surface area contributed by atoms with E-state index in [1.807, 2.05) is 48.5 Å². The Morgan fingerprint density at radius 3 is 2.68 bits per heavy atom. The number of hydrogen-bond donors (Lipinski definition) is 1. The number of amides is 1. The molecule has 110 valence electrons. The van der Waals surface area contributed by atoms with Gasteiger partial charge in [-0.15, -0.1) is 11.3 Å². The first kappa shape index (κ1) is 14.5. The Bertz CT molecular complexity index is 785. The largest absolute Gasteiger partial charge is 0.323 e. The molecule has 0 aliphatic rings. The van der Waals surface area contributed by atoms with E-state index in [0.717, 1.165) is 27.3 Å². The number of benzene rings is 2. The van der Waals surface area contributed by atoms with Crippen LogP contribution < -0.4 is 5.32 Å². The molecule has 3 aromatic rings. The number of anilines is 1. The van der Waals surface area contributed by atoms with Crippen molar-refractivity contribution in [1.82, 2.24) is 4.98 Å². The van der Waals surface area contributed by atoms with E-state index in [1.54, 1.807) is 17.4 Å². The fourth-order valence-corrected chi connectivity index (χ4v) is 2.99. The SMILES string of the molecule is CCc1ccc(NC(=O)/C=C/c2nc3ccccc3s2)cc1. The van der Waals surface area contributed by atoms with E-state index in [0.29, 0.717) is 0 Å². The number of nitrogens with zero attached hydrogens (tertiary/aromatic N) is 1. The average molecular weight is 308 g/mol. The summed E-state index contributed by atoms with van der Waals surface area (Å²) < 4.78 is 1.12. The van der Waals surface area contributed by atoms with Crippen molar-refractivity contribution < 1.29 is 4.79 Å². The van der Waals surface area contributed by atoms with Gasteiger partial charge in [0.25, 0.3) is 0 Å². The van der Waals surface area contributed by atoms with Gasteiger partial charge >= 0.3 is 0 Å². The molecule has 0 aliphatic heterocycles. The van der Waals surface area contributed by atoms with E-state index < -0.39 is 0 Å². The minimum atomic E-state index is -0.150. The van der Waals surface area contributed by atoms with E-state index >= 15 is 0 Å². The summed E-state index contributed by atoms with van der Waals surface area (Å²) in [6, 6.07) is 15.8. The topological polar surface area (TPSA) is 42.0 Å². The number of aryl methyl sites for hydroxylation is 1. The van der Waals surface area contributed by atoms with Gasteiger partial charge in [-0.2, -0.15) is 0 Å². The molecule has 3 nitrogen and oxygen atoms in total. The molecule has 0 radical (unpaired) electrons. The van der Waals surface area contributed by atoms with Crippen molar-refractivity contribution in [3.63, 3.8) is 0 Å². The third-order valence-corrected chi connectivity index (χ3v) is 4.32. The summed E-state index contributed by atoms with van der Waals surface area (Å²) in [4.78, 5) is 16.4. The lowest BCUT2D eigenvalue weighted by atomic mass is 10.1. The summed E-state index contributed by atoms with van der Waals surface area (Å²) in [7, 11) is 0. The van der Waals surface area contributed by atoms with Crippen molar-refractivity contribution >= 4 is 39.2 Å². The maximum atomic E-state index is 11.9. The highest BCUT2D eigenvalue weighted by Crippen LogP contribution is 2.22. The molecule has 0 atom stereocenters. The maximum absolute atomic E-state index is 11.9. The molecule has 1 aromatic heterocycles. The van der Waals surface area contributed by atoms with Crippen LogP contribution in [0.4, 0.5) is 5.69 Å². The van der Waals surface area contributed by atoms with Crippen LogP contribution in [-0.4, -0.2) is 10.9 Å². The molecule has 0 bridgehead atoms. The molecule has 22 heavy (non-hydrogen) atoms. The summed E-state index contributed by atoms with van der Waals surface area (Å²) >= 11 is 1.57. The lowest BCUT2D eigenvalue weighted by molar-refractivity contribution is -0.111. The lowest BCUT2D eigenvalue weighted by Crippen LogP contribution is -2.07. The Morgan fingerprint density at radius 1 is 1.18 bits per heavy atom. The monoisotopic (exact) mass is 308 g/mol. The van der Waals surface area contributed by atoms with Gasteiger partial charge in [0.15, 0.2) is 0 Å². The van der Waals surface area contributed by atoms with Gasteiger partial charge in [-0.3, -0.25) is 4.79 Å². The zero-order chi connectivity index (χ0) is 15.4. The van der Waals surface area contributed by atoms with Crippen LogP contribution >= 0.6 is 11.3 Å². The standard InChI is InChI=1S/C18H16N2OS/c1-2-13-7-9-14(10-8-13)19-17(21)11-12-18-20-15-5-3-4-6-16(15)22-18/h3-12H,2H2,1H3,(H,19,21)/b12-11+. The molecule has 1 N–H and O–H groups in total. The van der Waals surface area contributed by atoms with Gasteiger partial charge in [-0.25, -0.2) is 4.98 Å². The molecule has 0 unspecified atom stereocenters. The number of thiazole rings is 1. The maximum Gasteiger partial charge on any atom is 0.248 e. The summed E-state index contributed by atoms with van der Waals surface area (Å²) in [5.41, 5.74) is 3.02. The Morgan fingerprint density at radius 2 is 1.95 bits per heavy atom. The minimum Gasteiger partial charge on any atom is -0.323 e. The number of para-hydroxylation sites is 1. The van der Waals surface area contributed by atoms with E-state index in [-0.39, 0.29) is 5.91 Å². The van der Waals surface area contributed by atoms with Crippen LogP contribution in [0.2, 0.25) is 0 Å². The molecule has 0 spiro atoms. The zero-order valence-corrected chi connectivity index (χ0v) is 13.1. The predicted octanol–water partition coefficient (Wildman–Crippen LogP) is 4.51. The lowest BCUT2D eigenvalue weighted by Gasteiger charge is -2.02. The average Bonchev–Trinajstić information content (AvgIpc) is 2.96. The van der Waals surface area contributed by atoms with E-state index in [2.05, 4.69) is 17.2 Å². The summed E-state index contributed by atoms with van der Waals surface area (Å²) in [5.74, 6) is -0.150. The highest BCUT2D eigenvalue weighted by atomic mass is 32.1. The van der Waals surface area contributed by atoms with Crippen molar-refractivity contribution in [2.45, 2.75) is 13.3 Å². The van der Waals surface area contributed by atoms with Crippen LogP contribution in [0.1, 0.15) is 17.5 Å². The molecule has 2 aromatic carbocycles. The van der Waals surface area contributed by atoms with Crippen LogP contribution in [0.5, 0.6) is 0 Å². The predicted molar refractivity (Wildman–Crippen MR) is 93.1 cm³/mol. The third kappa shape index (κ3) is 3.40. The summed E-state index contributed by atoms with van der Waals surface area (Å²) in [6.07, 6.45) is 4.26. The number of hydrogen-bond acceptors (Lipinski definition) is 3. The molecule has 1 amide bonds. The van der Waals surface area contributed by atoms with E-state index in [1.165, 1.54) is 11.6 Å². The second kappa shape index (κ2) is 6.54. The molecular formula is C18H16N2OS. The van der Waals surface area contributed by atoms with Crippen LogP contribution in [0, 0.1) is 0 Å². The third-order valence-electron chi connectivity index (χ3n) is 3.32. The molecule has 0 saturated heterocycles. The highest BCUT2D eigenvalue weighted by molar-refractivity contribution is 7.19. The Balaban J connectivity index is 1.67. The number of carbonyl (C=O) groups excluding carboxylic acids is 1. The van der Waals surface area contributed by atoms with Gasteiger partial charge in [-0.05, 0) is 42.3 Å². The molecule has 4 heteroatoms. The molecule has 0 aliphatic carbocycles. The number of fused-ring (bicyclic) bond motifs is 1. The van der Waals surface area contributed by atoms with Gasteiger partial charge in [0.2, 0.25) is 5.91 Å². The smallest absolute Gasteiger partial charge is 0.248 e. The van der Waals surface area contributed by atoms with Gasteiger partial charge in [0.05, 0.1) is 10.2 Å². The Hall–Kier alpha value is -2.46. The minimum absolute atomic E-state index is 0.150. The van der Waals surface area contributed by atoms with E-state index in [4.69, 9.17) is 0 Å². The fraction of sp³-hybridized carbons (Fsp3) is 0.111. The first-order chi connectivity index (χ1) is 10.7. The summed E-state index contributed by atoms with van der Waals surface area (Å²) in [5, 5.41) is 3.68. The van der Waals surface area contributed by atoms with Crippen molar-refractivity contribution in [2.75, 3.05) is 5.32 Å². The van der Waals surface area contributed by atoms with Crippen molar-refractivity contribution in [3.05, 3.63) is 65.2 Å². The Kier molecular flexibility index (Phi) is 4.30. The molecule has 1 heterocycles. The van der Waals surface area contributed by atoms with Crippen LogP contribution in [0.25, 0.3) is 16.3 Å². The number of nitrogens with one attached hydrogen (secondary N) is 1. The molecular weight excluding hydrogens is 292 g/mol. The normalized spacial score (nSPS) is 11.1. The number of aromatic nitrogens is 1. The second-order valence-electron chi connectivity index (χ2n) is 4.89. The van der Waals surface area contributed by atoms with Gasteiger partial charge < -0.3 is 5.32 Å². The van der Waals surface area contributed by atoms with Gasteiger partial charge in [0.1, 0.15) is 5.01 Å². The highest BCUT2D eigenvalue weighted by Gasteiger charge is 2.01. The zero-order valence-electron chi connectivity index (χ0n) is 12.2. The first-order valence-corrected chi connectivity index (χ1v) is 8.00. The van der Waals surface area contributed by atoms with Gasteiger partial charge in [-0.1, -0.05) is 31.2 Å². The molecule has 3 rings (SSSR count). The molecule has 0 fully saturated rings. The van der Waals surface area contributed by atoms with Crippen LogP contribution in [-0.2, 0) is 11.2 Å². The van der Waals surface area contributed by atoms with Gasteiger partial charge in [0, 0.05) is 11.8 Å². The fourth-order valence-electron chi connectivity index (χ4n) is 2.12. The van der Waals surface area contributed by atoms with Crippen molar-refractivity contribution in [3.8, 4) is 0 Å². The summed E-state index contributed by atoms with van der Waals surface area (Å²) in [6.45, 7) is 2.11. The van der Waals surface area contributed by atoms with Crippen molar-refractivity contribution in [1.29, 1.82) is 0 Å². The van der Waals surface area contributed by atoms with E-state index in [9.17, 15) is 4.79 Å². The quantitative estimate of drug-likeness (QED) is 0.720. The Labute approximate surface area is 133 Å². The number of carbonyl (C=O) groups is 1.